The van der Waals surface area contributed by atoms with Crippen molar-refractivity contribution in [2.45, 2.75) is 11.1 Å². The van der Waals surface area contributed by atoms with E-state index in [4.69, 9.17) is 5.11 Å². The first kappa shape index (κ1) is 24.9. The maximum Gasteiger partial charge on any atom is 0.433 e. The molecule has 0 saturated carbocycles. The van der Waals surface area contributed by atoms with Crippen LogP contribution in [0.25, 0.3) is 0 Å². The summed E-state index contributed by atoms with van der Waals surface area (Å²) >= 11 is 0. The summed E-state index contributed by atoms with van der Waals surface area (Å²) in [4.78, 5) is 18.0. The van der Waals surface area contributed by atoms with E-state index in [0.29, 0.717) is 11.8 Å². The van der Waals surface area contributed by atoms with E-state index < -0.39 is 39.6 Å². The van der Waals surface area contributed by atoms with Crippen molar-refractivity contribution in [2.75, 3.05) is 23.7 Å². The maximum atomic E-state index is 13.2. The van der Waals surface area contributed by atoms with Crippen molar-refractivity contribution in [3.05, 3.63) is 71.7 Å². The van der Waals surface area contributed by atoms with Gasteiger partial charge in [-0.05, 0) is 48.5 Å². The van der Waals surface area contributed by atoms with E-state index in [2.05, 4.69) is 25.3 Å². The second-order valence-electron chi connectivity index (χ2n) is 6.75. The quantitative estimate of drug-likeness (QED) is 0.260. The predicted octanol–water partition coefficient (Wildman–Crippen LogP) is 3.47. The number of nitrogens with one attached hydrogen (secondary N) is 3. The highest BCUT2D eigenvalue weighted by molar-refractivity contribution is 7.89. The summed E-state index contributed by atoms with van der Waals surface area (Å²) in [6, 6.07) is 10.0. The third-order valence-electron chi connectivity index (χ3n) is 4.24. The number of carboxylic acid groups (broad SMARTS) is 1. The van der Waals surface area contributed by atoms with Crippen molar-refractivity contribution >= 4 is 33.4 Å². The molecule has 0 spiro atoms. The molecule has 3 rings (SSSR count). The minimum Gasteiger partial charge on any atom is -0.478 e. The number of halogens is 4. The minimum absolute atomic E-state index is 0.0904. The van der Waals surface area contributed by atoms with Crippen LogP contribution >= 0.6 is 0 Å². The Kier molecular flexibility index (Phi) is 7.32. The van der Waals surface area contributed by atoms with Crippen molar-refractivity contribution in [1.82, 2.24) is 14.7 Å². The van der Waals surface area contributed by atoms with Gasteiger partial charge in [-0.3, -0.25) is 0 Å². The number of rotatable bonds is 9. The summed E-state index contributed by atoms with van der Waals surface area (Å²) in [5.41, 5.74) is -1.04. The molecule has 180 valence electrons. The summed E-state index contributed by atoms with van der Waals surface area (Å²) in [6.45, 7) is -0.396. The lowest BCUT2D eigenvalue weighted by Crippen LogP contribution is -2.29. The molecule has 0 saturated heterocycles. The lowest BCUT2D eigenvalue weighted by atomic mass is 10.2. The molecule has 0 radical (unpaired) electrons. The zero-order chi connectivity index (χ0) is 24.9. The fourth-order valence-electron chi connectivity index (χ4n) is 2.64. The SMILES string of the molecule is O=C(O)c1ccc(S(=O)(=O)NCCNc2nc(Nc3ccc(F)cc3)cc(C(F)(F)F)n2)cc1. The molecule has 0 fully saturated rings. The Labute approximate surface area is 190 Å². The van der Waals surface area contributed by atoms with Crippen LogP contribution in [0.5, 0.6) is 0 Å². The molecule has 0 atom stereocenters. The predicted molar refractivity (Wildman–Crippen MR) is 114 cm³/mol. The van der Waals surface area contributed by atoms with Crippen molar-refractivity contribution in [3.8, 4) is 0 Å². The lowest BCUT2D eigenvalue weighted by molar-refractivity contribution is -0.141. The van der Waals surface area contributed by atoms with Crippen LogP contribution in [0.4, 0.5) is 35.0 Å². The van der Waals surface area contributed by atoms with Gasteiger partial charge >= 0.3 is 12.1 Å². The molecule has 0 aliphatic carbocycles. The number of alkyl halides is 3. The van der Waals surface area contributed by atoms with Crippen LogP contribution in [0, 0.1) is 5.82 Å². The normalized spacial score (nSPS) is 11.8. The number of aromatic carboxylic acids is 1. The van der Waals surface area contributed by atoms with Gasteiger partial charge < -0.3 is 15.7 Å². The van der Waals surface area contributed by atoms with Crippen LogP contribution in [-0.2, 0) is 16.2 Å². The van der Waals surface area contributed by atoms with E-state index in [-0.39, 0.29) is 29.4 Å². The number of aromatic nitrogens is 2. The third-order valence-corrected chi connectivity index (χ3v) is 5.72. The molecule has 1 heterocycles. The molecule has 1 aromatic heterocycles. The van der Waals surface area contributed by atoms with Crippen LogP contribution in [0.1, 0.15) is 16.1 Å². The van der Waals surface area contributed by atoms with Crippen molar-refractivity contribution in [2.24, 2.45) is 0 Å². The summed E-state index contributed by atoms with van der Waals surface area (Å²) in [5, 5.41) is 14.0. The molecule has 2 aromatic carbocycles. The van der Waals surface area contributed by atoms with Gasteiger partial charge in [-0.2, -0.15) is 18.2 Å². The van der Waals surface area contributed by atoms with Gasteiger partial charge in [0.05, 0.1) is 10.5 Å². The number of hydrogen-bond acceptors (Lipinski definition) is 7. The van der Waals surface area contributed by atoms with E-state index >= 15 is 0 Å². The molecule has 0 amide bonds. The zero-order valence-electron chi connectivity index (χ0n) is 17.1. The number of hydrogen-bond donors (Lipinski definition) is 4. The Morgan fingerprint density at radius 1 is 0.971 bits per heavy atom. The second kappa shape index (κ2) is 10.0. The topological polar surface area (TPSA) is 133 Å². The fourth-order valence-corrected chi connectivity index (χ4v) is 3.67. The first-order valence-electron chi connectivity index (χ1n) is 9.50. The van der Waals surface area contributed by atoms with Crippen LogP contribution in [0.15, 0.2) is 59.5 Å². The van der Waals surface area contributed by atoms with Gasteiger partial charge in [0.1, 0.15) is 11.6 Å². The van der Waals surface area contributed by atoms with Gasteiger partial charge in [0.15, 0.2) is 5.69 Å². The Bertz CT molecular complexity index is 1270. The Morgan fingerprint density at radius 3 is 2.21 bits per heavy atom. The van der Waals surface area contributed by atoms with Gasteiger partial charge in [-0.25, -0.2) is 27.3 Å². The molecular formula is C20H17F4N5O4S. The van der Waals surface area contributed by atoms with Crippen molar-refractivity contribution in [3.63, 3.8) is 0 Å². The first-order chi connectivity index (χ1) is 15.9. The van der Waals surface area contributed by atoms with Gasteiger partial charge in [-0.1, -0.05) is 0 Å². The van der Waals surface area contributed by atoms with Crippen molar-refractivity contribution in [1.29, 1.82) is 0 Å². The van der Waals surface area contributed by atoms with Gasteiger partial charge in [0.25, 0.3) is 0 Å². The first-order valence-corrected chi connectivity index (χ1v) is 11.0. The molecule has 0 unspecified atom stereocenters. The Balaban J connectivity index is 1.67. The summed E-state index contributed by atoms with van der Waals surface area (Å²) in [6.07, 6.45) is -4.78. The molecule has 34 heavy (non-hydrogen) atoms. The molecular weight excluding hydrogens is 482 g/mol. The largest absolute Gasteiger partial charge is 0.478 e. The number of benzene rings is 2. The van der Waals surface area contributed by atoms with E-state index in [1.807, 2.05) is 0 Å². The summed E-state index contributed by atoms with van der Waals surface area (Å²) in [7, 11) is -3.99. The van der Waals surface area contributed by atoms with E-state index in [1.165, 1.54) is 12.1 Å². The van der Waals surface area contributed by atoms with Gasteiger partial charge in [-0.15, -0.1) is 0 Å². The molecule has 0 bridgehead atoms. The smallest absolute Gasteiger partial charge is 0.433 e. The highest BCUT2D eigenvalue weighted by Gasteiger charge is 2.33. The average Bonchev–Trinajstić information content (AvgIpc) is 2.78. The fraction of sp³-hybridized carbons (Fsp3) is 0.150. The highest BCUT2D eigenvalue weighted by atomic mass is 32.2. The average molecular weight is 499 g/mol. The lowest BCUT2D eigenvalue weighted by Gasteiger charge is -2.13. The van der Waals surface area contributed by atoms with E-state index in [1.54, 1.807) is 0 Å². The summed E-state index contributed by atoms with van der Waals surface area (Å²) < 4.78 is 79.5. The zero-order valence-corrected chi connectivity index (χ0v) is 17.9. The number of anilines is 3. The minimum atomic E-state index is -4.78. The standard InChI is InChI=1S/C20H17F4N5O4S/c21-13-3-5-14(6-4-13)27-17-11-16(20(22,23)24)28-19(29-17)25-9-10-26-34(32,33)15-7-1-12(2-8-15)18(30)31/h1-8,11,26H,9-10H2,(H,30,31)(H2,25,27,28,29). The van der Waals surface area contributed by atoms with Crippen LogP contribution in [-0.4, -0.2) is 42.6 Å². The van der Waals surface area contributed by atoms with Crippen molar-refractivity contribution < 1.29 is 35.9 Å². The molecule has 14 heteroatoms. The highest BCUT2D eigenvalue weighted by Crippen LogP contribution is 2.30. The van der Waals surface area contributed by atoms with Crippen LogP contribution < -0.4 is 15.4 Å². The number of sulfonamides is 1. The van der Waals surface area contributed by atoms with Crippen LogP contribution in [0.3, 0.4) is 0 Å². The van der Waals surface area contributed by atoms with Gasteiger partial charge in [0.2, 0.25) is 16.0 Å². The molecule has 3 aromatic rings. The van der Waals surface area contributed by atoms with E-state index in [9.17, 15) is 30.8 Å². The Morgan fingerprint density at radius 2 is 1.62 bits per heavy atom. The van der Waals surface area contributed by atoms with Crippen LogP contribution in [0.2, 0.25) is 0 Å². The number of nitrogens with zero attached hydrogens (tertiary/aromatic N) is 2. The third kappa shape index (κ3) is 6.62. The maximum absolute atomic E-state index is 13.2. The van der Waals surface area contributed by atoms with E-state index in [0.717, 1.165) is 36.4 Å². The van der Waals surface area contributed by atoms with Gasteiger partial charge in [0, 0.05) is 24.8 Å². The second-order valence-corrected chi connectivity index (χ2v) is 8.51. The Hall–Kier alpha value is -3.78. The summed E-state index contributed by atoms with van der Waals surface area (Å²) in [5.74, 6) is -2.36. The molecule has 4 N–H and O–H groups in total. The molecule has 0 aliphatic rings. The molecule has 9 nitrogen and oxygen atoms in total. The number of carboxylic acids is 1. The number of carbonyl (C=O) groups is 1. The molecule has 0 aliphatic heterocycles. The monoisotopic (exact) mass is 499 g/mol.